The first-order valence-electron chi connectivity index (χ1n) is 5.97. The van der Waals surface area contributed by atoms with Gasteiger partial charge in [0.1, 0.15) is 5.82 Å². The van der Waals surface area contributed by atoms with Gasteiger partial charge < -0.3 is 4.98 Å². The second-order valence-electron chi connectivity index (χ2n) is 4.33. The molecule has 5 heteroatoms. The van der Waals surface area contributed by atoms with Crippen LogP contribution in [0.3, 0.4) is 0 Å². The van der Waals surface area contributed by atoms with Crippen molar-refractivity contribution in [2.24, 2.45) is 0 Å². The normalized spacial score (nSPS) is 10.7. The van der Waals surface area contributed by atoms with Crippen LogP contribution in [0, 0.1) is 5.82 Å². The maximum atomic E-state index is 12.9. The highest BCUT2D eigenvalue weighted by Crippen LogP contribution is 2.19. The Kier molecular flexibility index (Phi) is 3.28. The minimum Gasteiger partial charge on any atom is -0.305 e. The van der Waals surface area contributed by atoms with Gasteiger partial charge in [0.2, 0.25) is 0 Å². The van der Waals surface area contributed by atoms with Crippen molar-refractivity contribution in [3.63, 3.8) is 0 Å². The van der Waals surface area contributed by atoms with Gasteiger partial charge >= 0.3 is 5.69 Å². The van der Waals surface area contributed by atoms with Crippen LogP contribution in [-0.2, 0) is 0 Å². The molecule has 1 N–H and O–H groups in total. The van der Waals surface area contributed by atoms with Crippen molar-refractivity contribution >= 4 is 15.9 Å². The van der Waals surface area contributed by atoms with Gasteiger partial charge in [-0.3, -0.25) is 4.57 Å². The summed E-state index contributed by atoms with van der Waals surface area (Å²) in [6.45, 7) is 0. The third-order valence-corrected chi connectivity index (χ3v) is 3.45. The van der Waals surface area contributed by atoms with Crippen LogP contribution < -0.4 is 5.69 Å². The zero-order valence-electron chi connectivity index (χ0n) is 10.3. The fourth-order valence-corrected chi connectivity index (χ4v) is 2.38. The molecule has 0 bridgehead atoms. The predicted molar refractivity (Wildman–Crippen MR) is 79.5 cm³/mol. The van der Waals surface area contributed by atoms with Gasteiger partial charge in [0.15, 0.2) is 0 Å². The largest absolute Gasteiger partial charge is 0.330 e. The molecular weight excluding hydrogens is 323 g/mol. The molecule has 3 aromatic rings. The van der Waals surface area contributed by atoms with E-state index in [0.29, 0.717) is 5.69 Å². The van der Waals surface area contributed by atoms with Crippen LogP contribution in [0.25, 0.3) is 16.9 Å². The summed E-state index contributed by atoms with van der Waals surface area (Å²) in [7, 11) is 0. The number of hydrogen-bond acceptors (Lipinski definition) is 1. The number of nitrogens with one attached hydrogen (secondary N) is 1. The SMILES string of the molecule is O=c1[nH]c(-c2ccc(F)cc2)cn1-c1cccc(Br)c1. The summed E-state index contributed by atoms with van der Waals surface area (Å²) in [5.41, 5.74) is 1.93. The summed E-state index contributed by atoms with van der Waals surface area (Å²) in [5.74, 6) is -0.303. The van der Waals surface area contributed by atoms with Crippen LogP contribution in [-0.4, -0.2) is 9.55 Å². The molecule has 0 saturated heterocycles. The summed E-state index contributed by atoms with van der Waals surface area (Å²) in [6.07, 6.45) is 1.71. The van der Waals surface area contributed by atoms with E-state index in [1.807, 2.05) is 24.3 Å². The molecule has 1 aromatic heterocycles. The van der Waals surface area contributed by atoms with E-state index in [0.717, 1.165) is 15.7 Å². The predicted octanol–water partition coefficient (Wildman–Crippen LogP) is 3.73. The molecule has 3 rings (SSSR count). The van der Waals surface area contributed by atoms with Gasteiger partial charge in [-0.05, 0) is 48.0 Å². The molecule has 0 atom stereocenters. The smallest absolute Gasteiger partial charge is 0.305 e. The van der Waals surface area contributed by atoms with E-state index in [2.05, 4.69) is 20.9 Å². The van der Waals surface area contributed by atoms with E-state index in [4.69, 9.17) is 0 Å². The van der Waals surface area contributed by atoms with Crippen molar-refractivity contribution in [2.75, 3.05) is 0 Å². The first-order valence-corrected chi connectivity index (χ1v) is 6.76. The van der Waals surface area contributed by atoms with Gasteiger partial charge in [-0.25, -0.2) is 9.18 Å². The number of halogens is 2. The maximum Gasteiger partial charge on any atom is 0.330 e. The topological polar surface area (TPSA) is 37.8 Å². The van der Waals surface area contributed by atoms with E-state index in [-0.39, 0.29) is 11.5 Å². The van der Waals surface area contributed by atoms with Crippen LogP contribution in [0.1, 0.15) is 0 Å². The van der Waals surface area contributed by atoms with Crippen molar-refractivity contribution in [2.45, 2.75) is 0 Å². The molecule has 0 fully saturated rings. The van der Waals surface area contributed by atoms with Gasteiger partial charge in [-0.2, -0.15) is 0 Å². The standard InChI is InChI=1S/C15H10BrFN2O/c16-11-2-1-3-13(8-11)19-9-14(18-15(19)20)10-4-6-12(17)7-5-10/h1-9H,(H,18,20). The number of hydrogen-bond donors (Lipinski definition) is 1. The van der Waals surface area contributed by atoms with Crippen LogP contribution >= 0.6 is 15.9 Å². The number of imidazole rings is 1. The lowest BCUT2D eigenvalue weighted by atomic mass is 10.2. The van der Waals surface area contributed by atoms with Crippen molar-refractivity contribution in [3.8, 4) is 16.9 Å². The minimum absolute atomic E-state index is 0.234. The Morgan fingerprint density at radius 2 is 1.85 bits per heavy atom. The van der Waals surface area contributed by atoms with Crippen molar-refractivity contribution in [1.29, 1.82) is 0 Å². The summed E-state index contributed by atoms with van der Waals surface area (Å²) in [5, 5.41) is 0. The monoisotopic (exact) mass is 332 g/mol. The molecule has 0 spiro atoms. The summed E-state index contributed by atoms with van der Waals surface area (Å²) in [4.78, 5) is 14.8. The summed E-state index contributed by atoms with van der Waals surface area (Å²) in [6, 6.07) is 13.4. The molecule has 0 aliphatic rings. The van der Waals surface area contributed by atoms with E-state index in [1.54, 1.807) is 18.3 Å². The molecule has 0 saturated carbocycles. The van der Waals surface area contributed by atoms with E-state index >= 15 is 0 Å². The molecule has 2 aromatic carbocycles. The lowest BCUT2D eigenvalue weighted by Gasteiger charge is -2.01. The number of nitrogens with zero attached hydrogens (tertiary/aromatic N) is 1. The number of aromatic amines is 1. The van der Waals surface area contributed by atoms with Crippen molar-refractivity contribution in [1.82, 2.24) is 9.55 Å². The second kappa shape index (κ2) is 5.09. The average molecular weight is 333 g/mol. The molecule has 100 valence electrons. The third-order valence-electron chi connectivity index (χ3n) is 2.96. The summed E-state index contributed by atoms with van der Waals surface area (Å²) < 4.78 is 15.3. The minimum atomic E-state index is -0.303. The Morgan fingerprint density at radius 1 is 1.10 bits per heavy atom. The van der Waals surface area contributed by atoms with Gasteiger partial charge in [-0.15, -0.1) is 0 Å². The first kappa shape index (κ1) is 12.9. The van der Waals surface area contributed by atoms with E-state index in [1.165, 1.54) is 16.7 Å². The zero-order valence-corrected chi connectivity index (χ0v) is 11.9. The number of rotatable bonds is 2. The van der Waals surface area contributed by atoms with Crippen LogP contribution in [0.2, 0.25) is 0 Å². The highest BCUT2D eigenvalue weighted by atomic mass is 79.9. The Hall–Kier alpha value is -2.14. The Balaban J connectivity index is 2.07. The van der Waals surface area contributed by atoms with Crippen molar-refractivity contribution in [3.05, 3.63) is 75.5 Å². The van der Waals surface area contributed by atoms with Gasteiger partial charge in [0.05, 0.1) is 11.4 Å². The fourth-order valence-electron chi connectivity index (χ4n) is 1.99. The van der Waals surface area contributed by atoms with E-state index in [9.17, 15) is 9.18 Å². The van der Waals surface area contributed by atoms with Gasteiger partial charge in [0, 0.05) is 10.7 Å². The molecule has 0 aliphatic heterocycles. The molecule has 0 unspecified atom stereocenters. The highest BCUT2D eigenvalue weighted by molar-refractivity contribution is 9.10. The Morgan fingerprint density at radius 3 is 2.55 bits per heavy atom. The molecule has 0 aliphatic carbocycles. The van der Waals surface area contributed by atoms with Gasteiger partial charge in [-0.1, -0.05) is 22.0 Å². The van der Waals surface area contributed by atoms with Crippen molar-refractivity contribution < 1.29 is 4.39 Å². The highest BCUT2D eigenvalue weighted by Gasteiger charge is 2.07. The van der Waals surface area contributed by atoms with Crippen LogP contribution in [0.4, 0.5) is 4.39 Å². The molecule has 1 heterocycles. The van der Waals surface area contributed by atoms with Crippen LogP contribution in [0.5, 0.6) is 0 Å². The van der Waals surface area contributed by atoms with E-state index < -0.39 is 0 Å². The Labute approximate surface area is 122 Å². The number of aromatic nitrogens is 2. The fraction of sp³-hybridized carbons (Fsp3) is 0. The summed E-state index contributed by atoms with van der Waals surface area (Å²) >= 11 is 3.38. The molecular formula is C15H10BrFN2O. The Bertz CT molecular complexity index is 805. The quantitative estimate of drug-likeness (QED) is 0.762. The maximum absolute atomic E-state index is 12.9. The first-order chi connectivity index (χ1) is 9.63. The lowest BCUT2D eigenvalue weighted by molar-refractivity contribution is 0.628. The molecule has 3 nitrogen and oxygen atoms in total. The molecule has 0 radical (unpaired) electrons. The second-order valence-corrected chi connectivity index (χ2v) is 5.25. The lowest BCUT2D eigenvalue weighted by Crippen LogP contribution is -2.13. The number of H-pyrrole nitrogens is 1. The zero-order chi connectivity index (χ0) is 14.1. The number of benzene rings is 2. The average Bonchev–Trinajstić information content (AvgIpc) is 2.82. The molecule has 20 heavy (non-hydrogen) atoms. The van der Waals surface area contributed by atoms with Crippen LogP contribution in [0.15, 0.2) is 64.0 Å². The third kappa shape index (κ3) is 2.44. The van der Waals surface area contributed by atoms with Gasteiger partial charge in [0.25, 0.3) is 0 Å². The molecule has 0 amide bonds.